The maximum atomic E-state index is 2.52. The molecule has 0 atom stereocenters. The van der Waals surface area contributed by atoms with Crippen LogP contribution in [0.25, 0.3) is 0 Å². The first-order valence-corrected chi connectivity index (χ1v) is 8.88. The van der Waals surface area contributed by atoms with Crippen LogP contribution >= 0.6 is 0 Å². The number of hydrogen-bond acceptors (Lipinski definition) is 1. The van der Waals surface area contributed by atoms with Gasteiger partial charge in [0.15, 0.2) is 0 Å². The van der Waals surface area contributed by atoms with Crippen LogP contribution in [0.5, 0.6) is 0 Å². The molecule has 0 aromatic heterocycles. The van der Waals surface area contributed by atoms with Crippen molar-refractivity contribution in [2.24, 2.45) is 0 Å². The predicted octanol–water partition coefficient (Wildman–Crippen LogP) is 5.61. The fourth-order valence-corrected chi connectivity index (χ4v) is 3.20. The van der Waals surface area contributed by atoms with Crippen LogP contribution in [0.15, 0.2) is 71.9 Å². The van der Waals surface area contributed by atoms with Crippen LogP contribution in [0.1, 0.15) is 38.2 Å². The van der Waals surface area contributed by atoms with E-state index in [-0.39, 0.29) is 0 Å². The number of rotatable bonds is 8. The predicted molar refractivity (Wildman–Crippen MR) is 101 cm³/mol. The van der Waals surface area contributed by atoms with Gasteiger partial charge in [0.25, 0.3) is 0 Å². The highest BCUT2D eigenvalue weighted by molar-refractivity contribution is 5.51. The van der Waals surface area contributed by atoms with E-state index in [0.29, 0.717) is 0 Å². The van der Waals surface area contributed by atoms with Crippen LogP contribution in [0.2, 0.25) is 0 Å². The molecule has 1 heteroatoms. The van der Waals surface area contributed by atoms with Crippen molar-refractivity contribution in [2.45, 2.75) is 39.0 Å². The summed E-state index contributed by atoms with van der Waals surface area (Å²) in [7, 11) is 0. The van der Waals surface area contributed by atoms with Crippen LogP contribution < -0.4 is 4.90 Å². The van der Waals surface area contributed by atoms with Crippen molar-refractivity contribution in [1.82, 2.24) is 0 Å². The molecule has 0 amide bonds. The normalized spacial score (nSPS) is 15.9. The molecule has 0 saturated heterocycles. The van der Waals surface area contributed by atoms with Gasteiger partial charge in [-0.2, -0.15) is 0 Å². The summed E-state index contributed by atoms with van der Waals surface area (Å²) in [5, 5.41) is 0. The summed E-state index contributed by atoms with van der Waals surface area (Å²) in [5.41, 5.74) is 5.81. The number of allylic oxidation sites excluding steroid dienone is 6. The topological polar surface area (TPSA) is 3.24 Å². The Kier molecular flexibility index (Phi) is 5.52. The average Bonchev–Trinajstić information content (AvgIpc) is 3.27. The lowest BCUT2D eigenvalue weighted by Crippen LogP contribution is -2.27. The molecular weight excluding hydrogens is 278 g/mol. The highest BCUT2D eigenvalue weighted by Crippen LogP contribution is 2.23. The molecule has 0 spiro atoms. The summed E-state index contributed by atoms with van der Waals surface area (Å²) in [4.78, 5) is 2.52. The summed E-state index contributed by atoms with van der Waals surface area (Å²) < 4.78 is 0. The average molecular weight is 305 g/mol. The van der Waals surface area contributed by atoms with E-state index in [9.17, 15) is 0 Å². The molecule has 23 heavy (non-hydrogen) atoms. The maximum Gasteiger partial charge on any atom is 0.0398 e. The Balaban J connectivity index is 1.70. The highest BCUT2D eigenvalue weighted by atomic mass is 15.1. The third-order valence-electron chi connectivity index (χ3n) is 4.60. The van der Waals surface area contributed by atoms with Gasteiger partial charge in [0, 0.05) is 18.8 Å². The SMILES string of the molecule is CCCCc1ccc(N(CC2=CC=CC2)CC2=CC=CC2)cc1. The first kappa shape index (κ1) is 15.9. The quantitative estimate of drug-likeness (QED) is 0.603. The third-order valence-corrected chi connectivity index (χ3v) is 4.60. The first-order chi connectivity index (χ1) is 11.3. The van der Waals surface area contributed by atoms with Gasteiger partial charge in [-0.15, -0.1) is 0 Å². The van der Waals surface area contributed by atoms with Crippen LogP contribution in [-0.2, 0) is 6.42 Å². The number of unbranched alkanes of at least 4 members (excludes halogenated alkanes) is 1. The minimum atomic E-state index is 1.03. The number of benzene rings is 1. The van der Waals surface area contributed by atoms with E-state index >= 15 is 0 Å². The van der Waals surface area contributed by atoms with Crippen LogP contribution in [0.4, 0.5) is 5.69 Å². The van der Waals surface area contributed by atoms with E-state index in [1.54, 1.807) is 0 Å². The van der Waals surface area contributed by atoms with Gasteiger partial charge in [-0.1, -0.05) is 61.9 Å². The van der Waals surface area contributed by atoms with Gasteiger partial charge in [-0.05, 0) is 54.5 Å². The molecule has 1 aromatic rings. The van der Waals surface area contributed by atoms with Crippen molar-refractivity contribution in [3.8, 4) is 0 Å². The molecule has 120 valence electrons. The van der Waals surface area contributed by atoms with Gasteiger partial charge in [0.1, 0.15) is 0 Å². The largest absolute Gasteiger partial charge is 0.363 e. The molecular formula is C22H27N. The van der Waals surface area contributed by atoms with Gasteiger partial charge in [0.2, 0.25) is 0 Å². The van der Waals surface area contributed by atoms with E-state index in [0.717, 1.165) is 25.9 Å². The summed E-state index contributed by atoms with van der Waals surface area (Å²) in [6.45, 7) is 4.31. The molecule has 0 bridgehead atoms. The van der Waals surface area contributed by atoms with Crippen LogP contribution in [0.3, 0.4) is 0 Å². The lowest BCUT2D eigenvalue weighted by Gasteiger charge is -2.26. The van der Waals surface area contributed by atoms with Gasteiger partial charge in [-0.3, -0.25) is 0 Å². The van der Waals surface area contributed by atoms with Gasteiger partial charge >= 0.3 is 0 Å². The summed E-state index contributed by atoms with van der Waals surface area (Å²) >= 11 is 0. The van der Waals surface area contributed by atoms with E-state index in [1.165, 1.54) is 41.7 Å². The molecule has 1 aromatic carbocycles. The van der Waals surface area contributed by atoms with E-state index < -0.39 is 0 Å². The second-order valence-corrected chi connectivity index (χ2v) is 6.54. The maximum absolute atomic E-state index is 2.52. The molecule has 0 radical (unpaired) electrons. The third kappa shape index (κ3) is 4.48. The Hall–Kier alpha value is -2.02. The minimum absolute atomic E-state index is 1.03. The smallest absolute Gasteiger partial charge is 0.0398 e. The van der Waals surface area contributed by atoms with Gasteiger partial charge < -0.3 is 4.90 Å². The number of anilines is 1. The van der Waals surface area contributed by atoms with Crippen molar-refractivity contribution >= 4 is 5.69 Å². The zero-order chi connectivity index (χ0) is 15.9. The lowest BCUT2D eigenvalue weighted by molar-refractivity contribution is 0.794. The highest BCUT2D eigenvalue weighted by Gasteiger charge is 2.12. The molecule has 3 rings (SSSR count). The number of nitrogens with zero attached hydrogens (tertiary/aromatic N) is 1. The molecule has 0 heterocycles. The molecule has 0 aliphatic heterocycles. The molecule has 0 saturated carbocycles. The summed E-state index contributed by atoms with van der Waals surface area (Å²) in [6.07, 6.45) is 19.3. The monoisotopic (exact) mass is 305 g/mol. The van der Waals surface area contributed by atoms with Crippen molar-refractivity contribution in [3.63, 3.8) is 0 Å². The standard InChI is InChI=1S/C22H27N/c1-2-3-8-19-13-15-22(16-14-19)23(17-20-9-4-5-10-20)18-21-11-6-7-12-21/h4-7,9,11,13-16H,2-3,8,10,12,17-18H2,1H3. The Morgan fingerprint density at radius 1 is 0.870 bits per heavy atom. The second kappa shape index (κ2) is 8.01. The Morgan fingerprint density at radius 2 is 1.48 bits per heavy atom. The molecule has 2 aliphatic rings. The molecule has 2 aliphatic carbocycles. The summed E-state index contributed by atoms with van der Waals surface area (Å²) in [5.74, 6) is 0. The molecule has 0 fully saturated rings. The molecule has 1 nitrogen and oxygen atoms in total. The zero-order valence-electron chi connectivity index (χ0n) is 14.2. The fourth-order valence-electron chi connectivity index (χ4n) is 3.20. The summed E-state index contributed by atoms with van der Waals surface area (Å²) in [6, 6.07) is 9.22. The lowest BCUT2D eigenvalue weighted by atomic mass is 10.1. The van der Waals surface area contributed by atoms with Crippen molar-refractivity contribution in [3.05, 3.63) is 77.4 Å². The molecule has 0 N–H and O–H groups in total. The molecule has 0 unspecified atom stereocenters. The van der Waals surface area contributed by atoms with Crippen molar-refractivity contribution in [1.29, 1.82) is 0 Å². The van der Waals surface area contributed by atoms with E-state index in [2.05, 4.69) is 72.5 Å². The number of aryl methyl sites for hydroxylation is 1. The van der Waals surface area contributed by atoms with Crippen LogP contribution in [-0.4, -0.2) is 13.1 Å². The van der Waals surface area contributed by atoms with Gasteiger partial charge in [0.05, 0.1) is 0 Å². The van der Waals surface area contributed by atoms with Crippen LogP contribution in [0, 0.1) is 0 Å². The van der Waals surface area contributed by atoms with Crippen molar-refractivity contribution in [2.75, 3.05) is 18.0 Å². The Bertz CT molecular complexity index is 596. The first-order valence-electron chi connectivity index (χ1n) is 8.88. The Morgan fingerprint density at radius 3 is 1.96 bits per heavy atom. The van der Waals surface area contributed by atoms with E-state index in [1.807, 2.05) is 0 Å². The van der Waals surface area contributed by atoms with Gasteiger partial charge in [-0.25, -0.2) is 0 Å². The van der Waals surface area contributed by atoms with Crippen molar-refractivity contribution < 1.29 is 0 Å². The van der Waals surface area contributed by atoms with E-state index in [4.69, 9.17) is 0 Å². The number of hydrogen-bond donors (Lipinski definition) is 0. The Labute approximate surface area is 140 Å². The minimum Gasteiger partial charge on any atom is -0.363 e. The zero-order valence-corrected chi connectivity index (χ0v) is 14.2. The second-order valence-electron chi connectivity index (χ2n) is 6.54. The fraction of sp³-hybridized carbons (Fsp3) is 0.364.